The third-order valence-electron chi connectivity index (χ3n) is 5.73. The summed E-state index contributed by atoms with van der Waals surface area (Å²) in [7, 11) is 0. The number of amides is 1. The van der Waals surface area contributed by atoms with Crippen molar-refractivity contribution in [2.75, 3.05) is 13.1 Å². The molecule has 1 fully saturated rings. The first kappa shape index (κ1) is 20.1. The Morgan fingerprint density at radius 1 is 0.967 bits per heavy atom. The second-order valence-electron chi connectivity index (χ2n) is 7.80. The number of rotatable bonds is 6. The summed E-state index contributed by atoms with van der Waals surface area (Å²) in [4.78, 5) is 19.1. The van der Waals surface area contributed by atoms with E-state index in [0.29, 0.717) is 18.8 Å². The van der Waals surface area contributed by atoms with Gasteiger partial charge in [-0.05, 0) is 54.8 Å². The van der Waals surface area contributed by atoms with E-state index in [-0.39, 0.29) is 17.6 Å². The predicted molar refractivity (Wildman–Crippen MR) is 118 cm³/mol. The Bertz CT molecular complexity index is 965. The standard InChI is InChI=1S/C25H27N3O2/c29-24-7-4-14-26-23(24)18-28-15-12-22(13-16-28)25(30)27-17-19-8-10-21(11-9-19)20-5-2-1-3-6-20/h1-11,14,22,29H,12-13,15-18H2,(H,27,30). The van der Waals surface area contributed by atoms with Crippen molar-refractivity contribution in [2.45, 2.75) is 25.9 Å². The molecule has 0 saturated carbocycles. The van der Waals surface area contributed by atoms with Crippen LogP contribution < -0.4 is 5.32 Å². The van der Waals surface area contributed by atoms with Crippen molar-refractivity contribution in [1.29, 1.82) is 0 Å². The average Bonchev–Trinajstić information content (AvgIpc) is 2.80. The van der Waals surface area contributed by atoms with Crippen LogP contribution >= 0.6 is 0 Å². The summed E-state index contributed by atoms with van der Waals surface area (Å²) in [6, 6.07) is 22.0. The number of pyridine rings is 1. The maximum atomic E-state index is 12.6. The lowest BCUT2D eigenvalue weighted by Gasteiger charge is -2.31. The molecular weight excluding hydrogens is 374 g/mol. The lowest BCUT2D eigenvalue weighted by molar-refractivity contribution is -0.126. The van der Waals surface area contributed by atoms with Gasteiger partial charge in [-0.15, -0.1) is 0 Å². The third-order valence-corrected chi connectivity index (χ3v) is 5.73. The summed E-state index contributed by atoms with van der Waals surface area (Å²) >= 11 is 0. The Labute approximate surface area is 177 Å². The number of nitrogens with one attached hydrogen (secondary N) is 1. The monoisotopic (exact) mass is 401 g/mol. The van der Waals surface area contributed by atoms with E-state index in [9.17, 15) is 9.90 Å². The minimum absolute atomic E-state index is 0.0437. The zero-order chi connectivity index (χ0) is 20.8. The number of carbonyl (C=O) groups excluding carboxylic acids is 1. The molecule has 4 rings (SSSR count). The summed E-state index contributed by atoms with van der Waals surface area (Å²) < 4.78 is 0. The Balaban J connectivity index is 1.24. The quantitative estimate of drug-likeness (QED) is 0.656. The Morgan fingerprint density at radius 2 is 1.67 bits per heavy atom. The summed E-state index contributed by atoms with van der Waals surface area (Å²) in [5.41, 5.74) is 4.17. The molecule has 2 N–H and O–H groups in total. The first-order valence-electron chi connectivity index (χ1n) is 10.5. The summed E-state index contributed by atoms with van der Waals surface area (Å²) in [6.45, 7) is 2.84. The smallest absolute Gasteiger partial charge is 0.223 e. The molecule has 2 aromatic carbocycles. The van der Waals surface area contributed by atoms with E-state index < -0.39 is 0 Å². The number of aromatic nitrogens is 1. The van der Waals surface area contributed by atoms with Crippen LogP contribution in [0.4, 0.5) is 0 Å². The molecule has 2 heterocycles. The van der Waals surface area contributed by atoms with Crippen molar-refractivity contribution < 1.29 is 9.90 Å². The van der Waals surface area contributed by atoms with Gasteiger partial charge in [0.25, 0.3) is 0 Å². The highest BCUT2D eigenvalue weighted by Crippen LogP contribution is 2.22. The van der Waals surface area contributed by atoms with Gasteiger partial charge >= 0.3 is 0 Å². The van der Waals surface area contributed by atoms with Gasteiger partial charge in [0, 0.05) is 25.2 Å². The zero-order valence-electron chi connectivity index (χ0n) is 17.0. The molecule has 0 aliphatic carbocycles. The van der Waals surface area contributed by atoms with E-state index in [1.807, 2.05) is 18.2 Å². The van der Waals surface area contributed by atoms with Gasteiger partial charge in [0.1, 0.15) is 5.75 Å². The van der Waals surface area contributed by atoms with Crippen molar-refractivity contribution in [2.24, 2.45) is 5.92 Å². The average molecular weight is 402 g/mol. The number of benzene rings is 2. The van der Waals surface area contributed by atoms with Crippen molar-refractivity contribution in [1.82, 2.24) is 15.2 Å². The molecule has 0 bridgehead atoms. The molecule has 0 unspecified atom stereocenters. The van der Waals surface area contributed by atoms with Crippen LogP contribution in [0.1, 0.15) is 24.1 Å². The van der Waals surface area contributed by atoms with Crippen LogP contribution in [0, 0.1) is 5.92 Å². The van der Waals surface area contributed by atoms with Crippen molar-refractivity contribution in [3.63, 3.8) is 0 Å². The highest BCUT2D eigenvalue weighted by atomic mass is 16.3. The zero-order valence-corrected chi connectivity index (χ0v) is 17.0. The first-order valence-corrected chi connectivity index (χ1v) is 10.5. The van der Waals surface area contributed by atoms with Gasteiger partial charge in [0.2, 0.25) is 5.91 Å². The predicted octanol–water partition coefficient (Wildman–Crippen LogP) is 3.98. The molecule has 30 heavy (non-hydrogen) atoms. The minimum Gasteiger partial charge on any atom is -0.506 e. The van der Waals surface area contributed by atoms with Crippen LogP contribution in [0.15, 0.2) is 72.9 Å². The fourth-order valence-electron chi connectivity index (χ4n) is 3.90. The molecule has 0 spiro atoms. The fraction of sp³-hybridized carbons (Fsp3) is 0.280. The van der Waals surface area contributed by atoms with Gasteiger partial charge in [-0.25, -0.2) is 0 Å². The molecule has 5 nitrogen and oxygen atoms in total. The van der Waals surface area contributed by atoms with Gasteiger partial charge < -0.3 is 10.4 Å². The number of piperidine rings is 1. The van der Waals surface area contributed by atoms with Crippen LogP contribution in [-0.2, 0) is 17.9 Å². The molecule has 1 amide bonds. The van der Waals surface area contributed by atoms with Crippen LogP contribution in [0.3, 0.4) is 0 Å². The maximum Gasteiger partial charge on any atom is 0.223 e. The Hall–Kier alpha value is -3.18. The van der Waals surface area contributed by atoms with Crippen LogP contribution in [0.5, 0.6) is 5.75 Å². The normalized spacial score (nSPS) is 15.1. The SMILES string of the molecule is O=C(NCc1ccc(-c2ccccc2)cc1)C1CCN(Cc2ncccc2O)CC1. The topological polar surface area (TPSA) is 65.5 Å². The van der Waals surface area contributed by atoms with Crippen molar-refractivity contribution in [3.05, 3.63) is 84.2 Å². The molecule has 1 aliphatic heterocycles. The van der Waals surface area contributed by atoms with Crippen LogP contribution in [0.2, 0.25) is 0 Å². The molecule has 3 aromatic rings. The molecule has 1 aliphatic rings. The molecule has 5 heteroatoms. The number of carbonyl (C=O) groups is 1. The lowest BCUT2D eigenvalue weighted by atomic mass is 9.95. The van der Waals surface area contributed by atoms with Gasteiger partial charge in [-0.1, -0.05) is 54.6 Å². The van der Waals surface area contributed by atoms with E-state index in [0.717, 1.165) is 31.5 Å². The van der Waals surface area contributed by atoms with Gasteiger partial charge in [-0.3, -0.25) is 14.7 Å². The fourth-order valence-corrected chi connectivity index (χ4v) is 3.90. The highest BCUT2D eigenvalue weighted by molar-refractivity contribution is 5.78. The number of hydrogen-bond donors (Lipinski definition) is 2. The first-order chi connectivity index (χ1) is 14.7. The maximum absolute atomic E-state index is 12.6. The molecule has 1 saturated heterocycles. The number of aromatic hydroxyl groups is 1. The van der Waals surface area contributed by atoms with E-state index in [4.69, 9.17) is 0 Å². The summed E-state index contributed by atoms with van der Waals surface area (Å²) in [6.07, 6.45) is 3.35. The summed E-state index contributed by atoms with van der Waals surface area (Å²) in [5, 5.41) is 13.0. The van der Waals surface area contributed by atoms with E-state index in [1.165, 1.54) is 11.1 Å². The second-order valence-corrected chi connectivity index (χ2v) is 7.80. The Kier molecular flexibility index (Phi) is 6.40. The minimum atomic E-state index is 0.0437. The number of likely N-dealkylation sites (tertiary alicyclic amines) is 1. The molecule has 0 atom stereocenters. The lowest BCUT2D eigenvalue weighted by Crippen LogP contribution is -2.40. The number of nitrogens with zero attached hydrogens (tertiary/aromatic N) is 2. The molecular formula is C25H27N3O2. The van der Waals surface area contributed by atoms with Gasteiger partial charge in [0.15, 0.2) is 0 Å². The molecule has 1 aromatic heterocycles. The molecule has 154 valence electrons. The Morgan fingerprint density at radius 3 is 2.37 bits per heavy atom. The largest absolute Gasteiger partial charge is 0.506 e. The highest BCUT2D eigenvalue weighted by Gasteiger charge is 2.25. The van der Waals surface area contributed by atoms with Crippen LogP contribution in [-0.4, -0.2) is 34.0 Å². The van der Waals surface area contributed by atoms with Crippen LogP contribution in [0.25, 0.3) is 11.1 Å². The van der Waals surface area contributed by atoms with Gasteiger partial charge in [0.05, 0.1) is 5.69 Å². The van der Waals surface area contributed by atoms with E-state index in [1.54, 1.807) is 18.3 Å². The number of hydrogen-bond acceptors (Lipinski definition) is 4. The van der Waals surface area contributed by atoms with E-state index in [2.05, 4.69) is 51.6 Å². The second kappa shape index (κ2) is 9.55. The van der Waals surface area contributed by atoms with Gasteiger partial charge in [-0.2, -0.15) is 0 Å². The summed E-state index contributed by atoms with van der Waals surface area (Å²) in [5.74, 6) is 0.403. The van der Waals surface area contributed by atoms with Crippen molar-refractivity contribution in [3.8, 4) is 16.9 Å². The molecule has 0 radical (unpaired) electrons. The van der Waals surface area contributed by atoms with E-state index >= 15 is 0 Å². The van der Waals surface area contributed by atoms with Crippen molar-refractivity contribution >= 4 is 5.91 Å². The third kappa shape index (κ3) is 5.05.